The predicted octanol–water partition coefficient (Wildman–Crippen LogP) is 2.58. The molecule has 1 heterocycles. The van der Waals surface area contributed by atoms with Crippen LogP contribution in [-0.2, 0) is 14.3 Å². The van der Waals surface area contributed by atoms with Gasteiger partial charge in [0.25, 0.3) is 0 Å². The predicted molar refractivity (Wildman–Crippen MR) is 67.4 cm³/mol. The number of rotatable bonds is 5. The summed E-state index contributed by atoms with van der Waals surface area (Å²) in [4.78, 5) is 26.5. The van der Waals surface area contributed by atoms with Gasteiger partial charge in [-0.25, -0.2) is 9.78 Å². The number of carbonyl (C=O) groups excluding carboxylic acids is 2. The maximum absolute atomic E-state index is 11.3. The zero-order chi connectivity index (χ0) is 13.7. The average Bonchev–Trinajstić information content (AvgIpc) is 2.75. The van der Waals surface area contributed by atoms with E-state index in [1.54, 1.807) is 5.38 Å². The van der Waals surface area contributed by atoms with Crippen molar-refractivity contribution < 1.29 is 19.1 Å². The topological polar surface area (TPSA) is 65.5 Å². The lowest BCUT2D eigenvalue weighted by atomic mass is 10.1. The maximum atomic E-state index is 11.3. The Morgan fingerprint density at radius 1 is 1.44 bits per heavy atom. The molecule has 0 fully saturated rings. The third-order valence-corrected chi connectivity index (χ3v) is 3.12. The fraction of sp³-hybridized carbons (Fsp3) is 0.583. The number of esters is 2. The molecule has 1 aromatic rings. The SMILES string of the molecule is COC(=O)c1csc(C(CC(C)C)OC(C)=O)n1. The number of hydrogen-bond donors (Lipinski definition) is 0. The van der Waals surface area contributed by atoms with Crippen LogP contribution in [0.4, 0.5) is 0 Å². The number of ether oxygens (including phenoxy) is 2. The molecule has 0 aliphatic carbocycles. The van der Waals surface area contributed by atoms with Crippen LogP contribution in [0.3, 0.4) is 0 Å². The van der Waals surface area contributed by atoms with Crippen LogP contribution in [0.2, 0.25) is 0 Å². The van der Waals surface area contributed by atoms with Gasteiger partial charge in [-0.3, -0.25) is 4.79 Å². The van der Waals surface area contributed by atoms with E-state index in [1.165, 1.54) is 25.4 Å². The normalized spacial score (nSPS) is 12.3. The van der Waals surface area contributed by atoms with E-state index >= 15 is 0 Å². The second-order valence-corrected chi connectivity index (χ2v) is 5.18. The molecule has 18 heavy (non-hydrogen) atoms. The van der Waals surface area contributed by atoms with E-state index in [0.29, 0.717) is 17.3 Å². The Kier molecular flexibility index (Phi) is 5.27. The van der Waals surface area contributed by atoms with Gasteiger partial charge in [0.05, 0.1) is 7.11 Å². The lowest BCUT2D eigenvalue weighted by Gasteiger charge is -2.16. The van der Waals surface area contributed by atoms with E-state index in [0.717, 1.165) is 0 Å². The molecule has 0 N–H and O–H groups in total. The number of thiazole rings is 1. The molecule has 6 heteroatoms. The highest BCUT2D eigenvalue weighted by molar-refractivity contribution is 7.09. The van der Waals surface area contributed by atoms with Gasteiger partial charge in [0, 0.05) is 12.3 Å². The summed E-state index contributed by atoms with van der Waals surface area (Å²) in [5.41, 5.74) is 0.249. The Morgan fingerprint density at radius 3 is 2.61 bits per heavy atom. The van der Waals surface area contributed by atoms with Crippen LogP contribution in [0.15, 0.2) is 5.38 Å². The molecule has 0 radical (unpaired) electrons. The van der Waals surface area contributed by atoms with Crippen molar-refractivity contribution in [3.05, 3.63) is 16.1 Å². The molecule has 0 aromatic carbocycles. The average molecular weight is 271 g/mol. The fourth-order valence-electron chi connectivity index (χ4n) is 1.46. The van der Waals surface area contributed by atoms with Crippen LogP contribution in [0.25, 0.3) is 0 Å². The van der Waals surface area contributed by atoms with Crippen molar-refractivity contribution in [2.45, 2.75) is 33.3 Å². The summed E-state index contributed by atoms with van der Waals surface area (Å²) in [6, 6.07) is 0. The van der Waals surface area contributed by atoms with E-state index in [4.69, 9.17) is 4.74 Å². The summed E-state index contributed by atoms with van der Waals surface area (Å²) in [6.07, 6.45) is 0.277. The van der Waals surface area contributed by atoms with Crippen molar-refractivity contribution in [3.63, 3.8) is 0 Å². The Morgan fingerprint density at radius 2 is 2.11 bits per heavy atom. The summed E-state index contributed by atoms with van der Waals surface area (Å²) < 4.78 is 9.82. The second kappa shape index (κ2) is 6.49. The van der Waals surface area contributed by atoms with Crippen molar-refractivity contribution in [1.82, 2.24) is 4.98 Å². The fourth-order valence-corrected chi connectivity index (χ4v) is 2.29. The lowest BCUT2D eigenvalue weighted by molar-refractivity contribution is -0.147. The Balaban J connectivity index is 2.87. The van der Waals surface area contributed by atoms with E-state index < -0.39 is 12.1 Å². The number of nitrogens with zero attached hydrogens (tertiary/aromatic N) is 1. The zero-order valence-electron chi connectivity index (χ0n) is 10.9. The molecule has 0 spiro atoms. The highest BCUT2D eigenvalue weighted by Gasteiger charge is 2.22. The monoisotopic (exact) mass is 271 g/mol. The molecule has 1 atom stereocenters. The van der Waals surface area contributed by atoms with E-state index in [9.17, 15) is 9.59 Å². The Hall–Kier alpha value is -1.43. The van der Waals surface area contributed by atoms with Gasteiger partial charge in [-0.15, -0.1) is 11.3 Å². The molecule has 100 valence electrons. The summed E-state index contributed by atoms with van der Waals surface area (Å²) in [6.45, 7) is 5.43. The quantitative estimate of drug-likeness (QED) is 0.770. The zero-order valence-corrected chi connectivity index (χ0v) is 11.7. The van der Waals surface area contributed by atoms with E-state index in [2.05, 4.69) is 9.72 Å². The van der Waals surface area contributed by atoms with Gasteiger partial charge in [-0.2, -0.15) is 0 Å². The molecule has 0 bridgehead atoms. The van der Waals surface area contributed by atoms with Crippen molar-refractivity contribution in [2.75, 3.05) is 7.11 Å². The first-order chi connectivity index (χ1) is 8.43. The number of hydrogen-bond acceptors (Lipinski definition) is 6. The van der Waals surface area contributed by atoms with Crippen molar-refractivity contribution >= 4 is 23.3 Å². The molecule has 0 aliphatic heterocycles. The van der Waals surface area contributed by atoms with Gasteiger partial charge >= 0.3 is 11.9 Å². The first-order valence-electron chi connectivity index (χ1n) is 5.65. The van der Waals surface area contributed by atoms with Crippen LogP contribution in [0.1, 0.15) is 48.8 Å². The molecule has 1 rings (SSSR count). The molecule has 1 unspecified atom stereocenters. The third-order valence-electron chi connectivity index (χ3n) is 2.19. The molecule has 0 saturated carbocycles. The summed E-state index contributed by atoms with van der Waals surface area (Å²) in [7, 11) is 1.30. The first-order valence-corrected chi connectivity index (χ1v) is 6.53. The Labute approximate surface area is 110 Å². The van der Waals surface area contributed by atoms with Gasteiger partial charge in [-0.1, -0.05) is 13.8 Å². The van der Waals surface area contributed by atoms with Gasteiger partial charge in [0.15, 0.2) is 11.8 Å². The smallest absolute Gasteiger partial charge is 0.357 e. The Bertz CT molecular complexity index is 427. The summed E-state index contributed by atoms with van der Waals surface area (Å²) in [5.74, 6) is -0.473. The summed E-state index contributed by atoms with van der Waals surface area (Å²) in [5, 5.41) is 2.23. The molecule has 5 nitrogen and oxygen atoms in total. The minimum Gasteiger partial charge on any atom is -0.464 e. The van der Waals surface area contributed by atoms with Crippen molar-refractivity contribution in [2.24, 2.45) is 5.92 Å². The van der Waals surface area contributed by atoms with Crippen LogP contribution < -0.4 is 0 Å². The van der Waals surface area contributed by atoms with Gasteiger partial charge in [-0.05, 0) is 12.3 Å². The van der Waals surface area contributed by atoms with Gasteiger partial charge in [0.2, 0.25) is 0 Å². The van der Waals surface area contributed by atoms with E-state index in [1.807, 2.05) is 13.8 Å². The standard InChI is InChI=1S/C12H17NO4S/c1-7(2)5-10(17-8(3)14)11-13-9(6-18-11)12(15)16-4/h6-7,10H,5H2,1-4H3. The summed E-state index contributed by atoms with van der Waals surface area (Å²) >= 11 is 1.30. The largest absolute Gasteiger partial charge is 0.464 e. The highest BCUT2D eigenvalue weighted by Crippen LogP contribution is 2.28. The van der Waals surface area contributed by atoms with Crippen LogP contribution in [0, 0.1) is 5.92 Å². The van der Waals surface area contributed by atoms with Crippen molar-refractivity contribution in [3.8, 4) is 0 Å². The van der Waals surface area contributed by atoms with Gasteiger partial charge < -0.3 is 9.47 Å². The minimum absolute atomic E-state index is 0.249. The van der Waals surface area contributed by atoms with Crippen LogP contribution in [0.5, 0.6) is 0 Å². The first kappa shape index (κ1) is 14.6. The third kappa shape index (κ3) is 4.10. The van der Waals surface area contributed by atoms with Crippen molar-refractivity contribution in [1.29, 1.82) is 0 Å². The molecular formula is C12H17NO4S. The van der Waals surface area contributed by atoms with Gasteiger partial charge in [0.1, 0.15) is 5.01 Å². The molecule has 1 aromatic heterocycles. The lowest BCUT2D eigenvalue weighted by Crippen LogP contribution is -2.11. The second-order valence-electron chi connectivity index (χ2n) is 4.29. The highest BCUT2D eigenvalue weighted by atomic mass is 32.1. The number of aromatic nitrogens is 1. The number of methoxy groups -OCH3 is 1. The van der Waals surface area contributed by atoms with Crippen LogP contribution in [-0.4, -0.2) is 24.0 Å². The molecule has 0 amide bonds. The van der Waals surface area contributed by atoms with E-state index in [-0.39, 0.29) is 11.7 Å². The maximum Gasteiger partial charge on any atom is 0.357 e. The molecule has 0 saturated heterocycles. The molecular weight excluding hydrogens is 254 g/mol. The minimum atomic E-state index is -0.483. The number of carbonyl (C=O) groups is 2. The van der Waals surface area contributed by atoms with Crippen LogP contribution >= 0.6 is 11.3 Å². The molecule has 0 aliphatic rings.